The van der Waals surface area contributed by atoms with E-state index in [9.17, 15) is 9.59 Å². The Morgan fingerprint density at radius 1 is 1.06 bits per heavy atom. The summed E-state index contributed by atoms with van der Waals surface area (Å²) in [5.74, 6) is 0.873. The number of hydrogen-bond donors (Lipinski definition) is 2. The first-order valence-electron chi connectivity index (χ1n) is 9.83. The normalized spacial score (nSPS) is 14.7. The van der Waals surface area contributed by atoms with E-state index in [1.807, 2.05) is 41.0 Å². The van der Waals surface area contributed by atoms with Crippen LogP contribution >= 0.6 is 0 Å². The highest BCUT2D eigenvalue weighted by molar-refractivity contribution is 6.20. The quantitative estimate of drug-likeness (QED) is 0.487. The average Bonchev–Trinajstić information content (AvgIpc) is 3.36. The van der Waals surface area contributed by atoms with Crippen LogP contribution in [0.2, 0.25) is 0 Å². The number of carbonyl (C=O) groups is 2. The molecule has 5 rings (SSSR count). The van der Waals surface area contributed by atoms with Crippen LogP contribution < -0.4 is 15.5 Å². The van der Waals surface area contributed by atoms with E-state index in [1.165, 1.54) is 0 Å². The van der Waals surface area contributed by atoms with Crippen molar-refractivity contribution in [2.75, 3.05) is 16.8 Å². The molecule has 9 heteroatoms. The van der Waals surface area contributed by atoms with Gasteiger partial charge in [0.15, 0.2) is 0 Å². The van der Waals surface area contributed by atoms with E-state index >= 15 is 0 Å². The van der Waals surface area contributed by atoms with Crippen LogP contribution in [0, 0.1) is 0 Å². The molecule has 1 saturated heterocycles. The summed E-state index contributed by atoms with van der Waals surface area (Å²) in [7, 11) is 0. The van der Waals surface area contributed by atoms with E-state index < -0.39 is 6.03 Å². The van der Waals surface area contributed by atoms with Gasteiger partial charge in [-0.15, -0.1) is 0 Å². The second-order valence-electron chi connectivity index (χ2n) is 7.19. The van der Waals surface area contributed by atoms with Gasteiger partial charge in [-0.25, -0.2) is 19.7 Å². The van der Waals surface area contributed by atoms with Crippen LogP contribution in [0.5, 0.6) is 0 Å². The zero-order chi connectivity index (χ0) is 21.4. The van der Waals surface area contributed by atoms with E-state index in [1.54, 1.807) is 30.7 Å². The number of aromatic nitrogens is 4. The minimum Gasteiger partial charge on any atom is -0.348 e. The fraction of sp³-hybridized carbons (Fsp3) is 0.136. The minimum absolute atomic E-state index is 0.00340. The molecule has 3 heterocycles. The van der Waals surface area contributed by atoms with Crippen LogP contribution in [0.3, 0.4) is 0 Å². The number of carbonyl (C=O) groups excluding carboxylic acids is 2. The maximum Gasteiger partial charge on any atom is 0.329 e. The molecule has 31 heavy (non-hydrogen) atoms. The van der Waals surface area contributed by atoms with Crippen molar-refractivity contribution in [1.82, 2.24) is 24.8 Å². The van der Waals surface area contributed by atoms with Gasteiger partial charge in [-0.05, 0) is 36.8 Å². The van der Waals surface area contributed by atoms with Crippen molar-refractivity contribution in [3.8, 4) is 5.82 Å². The Labute approximate surface area is 177 Å². The number of hydrogen-bond acceptors (Lipinski definition) is 6. The molecular weight excluding hydrogens is 394 g/mol. The highest BCUT2D eigenvalue weighted by Gasteiger charge is 2.30. The zero-order valence-corrected chi connectivity index (χ0v) is 16.7. The standard InChI is InChI=1S/C22H19N7O2/c1-14(15-5-3-2-4-6-15)26-21-23-10-9-19(27-21)28-13-25-17-11-16(7-8-18(17)28)29-20(30)12-24-22(29)31/h2-11,13-14H,12H2,1H3,(H,24,31)(H,23,26,27)/t14-/m0/s1. The Balaban J connectivity index is 1.44. The first-order valence-corrected chi connectivity index (χ1v) is 9.83. The summed E-state index contributed by atoms with van der Waals surface area (Å²) in [6.07, 6.45) is 3.35. The fourth-order valence-electron chi connectivity index (χ4n) is 3.58. The summed E-state index contributed by atoms with van der Waals surface area (Å²) in [4.78, 5) is 38.4. The number of nitrogens with one attached hydrogen (secondary N) is 2. The maximum absolute atomic E-state index is 12.0. The predicted molar refractivity (Wildman–Crippen MR) is 116 cm³/mol. The van der Waals surface area contributed by atoms with Crippen molar-refractivity contribution in [2.24, 2.45) is 0 Å². The molecule has 0 unspecified atom stereocenters. The third-order valence-corrected chi connectivity index (χ3v) is 5.17. The van der Waals surface area contributed by atoms with Crippen LogP contribution in [0.25, 0.3) is 16.9 Å². The summed E-state index contributed by atoms with van der Waals surface area (Å²) >= 11 is 0. The van der Waals surface area contributed by atoms with Gasteiger partial charge in [-0.2, -0.15) is 4.98 Å². The summed E-state index contributed by atoms with van der Waals surface area (Å²) in [6, 6.07) is 16.7. The van der Waals surface area contributed by atoms with Gasteiger partial charge in [0.25, 0.3) is 5.91 Å². The Kier molecular flexibility index (Phi) is 4.55. The van der Waals surface area contributed by atoms with Gasteiger partial charge in [-0.1, -0.05) is 30.3 Å². The molecule has 0 bridgehead atoms. The van der Waals surface area contributed by atoms with Crippen molar-refractivity contribution in [3.63, 3.8) is 0 Å². The molecule has 2 N–H and O–H groups in total. The smallest absolute Gasteiger partial charge is 0.329 e. The van der Waals surface area contributed by atoms with E-state index in [-0.39, 0.29) is 18.5 Å². The number of anilines is 2. The molecule has 0 spiro atoms. The third-order valence-electron chi connectivity index (χ3n) is 5.17. The molecule has 1 aliphatic rings. The average molecular weight is 413 g/mol. The first kappa shape index (κ1) is 18.7. The van der Waals surface area contributed by atoms with Crippen LogP contribution in [0.4, 0.5) is 16.4 Å². The van der Waals surface area contributed by atoms with E-state index in [0.717, 1.165) is 16.0 Å². The van der Waals surface area contributed by atoms with Gasteiger partial charge >= 0.3 is 6.03 Å². The molecule has 0 aliphatic carbocycles. The number of nitrogens with zero attached hydrogens (tertiary/aromatic N) is 5. The predicted octanol–water partition coefficient (Wildman–Crippen LogP) is 3.04. The Morgan fingerprint density at radius 3 is 2.68 bits per heavy atom. The van der Waals surface area contributed by atoms with Gasteiger partial charge in [0, 0.05) is 6.20 Å². The van der Waals surface area contributed by atoms with Gasteiger partial charge in [0.1, 0.15) is 12.1 Å². The van der Waals surface area contributed by atoms with Crippen LogP contribution in [-0.4, -0.2) is 38.0 Å². The van der Waals surface area contributed by atoms with Crippen molar-refractivity contribution < 1.29 is 9.59 Å². The third kappa shape index (κ3) is 3.46. The molecule has 9 nitrogen and oxygen atoms in total. The highest BCUT2D eigenvalue weighted by Crippen LogP contribution is 2.25. The molecule has 1 aliphatic heterocycles. The Morgan fingerprint density at radius 2 is 1.90 bits per heavy atom. The lowest BCUT2D eigenvalue weighted by molar-refractivity contribution is -0.115. The number of rotatable bonds is 5. The van der Waals surface area contributed by atoms with Crippen molar-refractivity contribution in [2.45, 2.75) is 13.0 Å². The number of fused-ring (bicyclic) bond motifs is 1. The summed E-state index contributed by atoms with van der Waals surface area (Å²) < 4.78 is 1.84. The van der Waals surface area contributed by atoms with E-state index in [4.69, 9.17) is 0 Å². The molecular formula is C22H19N7O2. The first-order chi connectivity index (χ1) is 15.1. The van der Waals surface area contributed by atoms with Gasteiger partial charge in [0.2, 0.25) is 5.95 Å². The second kappa shape index (κ2) is 7.52. The molecule has 2 aromatic heterocycles. The lowest BCUT2D eigenvalue weighted by Crippen LogP contribution is -2.30. The molecule has 0 radical (unpaired) electrons. The molecule has 2 aromatic carbocycles. The SMILES string of the molecule is C[C@H](Nc1nccc(-n2cnc3cc(N4C(=O)CNC4=O)ccc32)n1)c1ccccc1. The Hall–Kier alpha value is -4.27. The van der Waals surface area contributed by atoms with E-state index in [2.05, 4.69) is 32.5 Å². The largest absolute Gasteiger partial charge is 0.348 e. The number of imidazole rings is 1. The summed E-state index contributed by atoms with van der Waals surface area (Å²) in [6.45, 7) is 2.05. The van der Waals surface area contributed by atoms with Crippen molar-refractivity contribution in [3.05, 3.63) is 72.7 Å². The maximum atomic E-state index is 12.0. The van der Waals surface area contributed by atoms with Crippen molar-refractivity contribution in [1.29, 1.82) is 0 Å². The lowest BCUT2D eigenvalue weighted by atomic mass is 10.1. The number of urea groups is 1. The number of imide groups is 1. The van der Waals surface area contributed by atoms with Crippen LogP contribution in [-0.2, 0) is 4.79 Å². The monoisotopic (exact) mass is 413 g/mol. The summed E-state index contributed by atoms with van der Waals surface area (Å²) in [5.41, 5.74) is 3.07. The van der Waals surface area contributed by atoms with Crippen LogP contribution in [0.15, 0.2) is 67.1 Å². The number of benzene rings is 2. The molecule has 1 atom stereocenters. The number of amides is 3. The molecule has 0 saturated carbocycles. The van der Waals surface area contributed by atoms with Crippen molar-refractivity contribution >= 4 is 34.6 Å². The molecule has 4 aromatic rings. The molecule has 154 valence electrons. The zero-order valence-electron chi connectivity index (χ0n) is 16.7. The topological polar surface area (TPSA) is 105 Å². The van der Waals surface area contributed by atoms with Gasteiger partial charge in [0.05, 0.1) is 29.3 Å². The summed E-state index contributed by atoms with van der Waals surface area (Å²) in [5, 5.41) is 5.84. The van der Waals surface area contributed by atoms with E-state index in [0.29, 0.717) is 23.0 Å². The Bertz CT molecular complexity index is 1270. The minimum atomic E-state index is -0.428. The van der Waals surface area contributed by atoms with Gasteiger partial charge < -0.3 is 10.6 Å². The van der Waals surface area contributed by atoms with Gasteiger partial charge in [-0.3, -0.25) is 9.36 Å². The molecule has 1 fully saturated rings. The fourth-order valence-corrected chi connectivity index (χ4v) is 3.58. The highest BCUT2D eigenvalue weighted by atomic mass is 16.2. The molecule has 3 amide bonds. The lowest BCUT2D eigenvalue weighted by Gasteiger charge is -2.15. The second-order valence-corrected chi connectivity index (χ2v) is 7.19. The van der Waals surface area contributed by atoms with Crippen LogP contribution in [0.1, 0.15) is 18.5 Å².